The van der Waals surface area contributed by atoms with Gasteiger partial charge in [-0.05, 0) is 64.5 Å². The lowest BCUT2D eigenvalue weighted by molar-refractivity contribution is 0.0950. The van der Waals surface area contributed by atoms with Gasteiger partial charge in [-0.25, -0.2) is 4.98 Å². The van der Waals surface area contributed by atoms with Crippen LogP contribution in [0.1, 0.15) is 10.6 Å². The van der Waals surface area contributed by atoms with E-state index in [0.29, 0.717) is 5.69 Å². The summed E-state index contributed by atoms with van der Waals surface area (Å²) in [7, 11) is 0. The second-order valence-electron chi connectivity index (χ2n) is 5.68. The molecule has 4 rings (SSSR count). The molecule has 4 aromatic rings. The smallest absolute Gasteiger partial charge is 0.293 e. The number of rotatable bonds is 3. The summed E-state index contributed by atoms with van der Waals surface area (Å²) < 4.78 is 7.86. The second-order valence-corrected chi connectivity index (χ2v) is 8.89. The standard InChI is InChI=1S/C19H11Br2N3O2S2/c20-10-8-11(18-22-13-4-1-2-6-15(13)28-18)16(12(21)9-10)23-19(27)24-17(25)14-5-3-7-26-14/h1-9H,(H2,23,24,25,27). The highest BCUT2D eigenvalue weighted by atomic mass is 79.9. The highest BCUT2D eigenvalue weighted by Crippen LogP contribution is 2.40. The first-order chi connectivity index (χ1) is 13.5. The molecule has 0 fully saturated rings. The van der Waals surface area contributed by atoms with Crippen LogP contribution in [0.2, 0.25) is 0 Å². The van der Waals surface area contributed by atoms with Crippen molar-refractivity contribution in [3.05, 3.63) is 69.5 Å². The van der Waals surface area contributed by atoms with Crippen LogP contribution >= 0.6 is 55.4 Å². The summed E-state index contributed by atoms with van der Waals surface area (Å²) in [6.07, 6.45) is 1.43. The van der Waals surface area contributed by atoms with E-state index in [1.807, 2.05) is 36.4 Å². The molecule has 2 heterocycles. The molecule has 5 nitrogen and oxygen atoms in total. The Morgan fingerprint density at radius 2 is 1.96 bits per heavy atom. The first-order valence-corrected chi connectivity index (χ1v) is 10.8. The number of anilines is 1. The van der Waals surface area contributed by atoms with Crippen molar-refractivity contribution in [2.45, 2.75) is 0 Å². The number of nitrogens with zero attached hydrogens (tertiary/aromatic N) is 1. The molecule has 0 saturated heterocycles. The number of aromatic nitrogens is 1. The average Bonchev–Trinajstić information content (AvgIpc) is 3.33. The van der Waals surface area contributed by atoms with Crippen molar-refractivity contribution in [2.24, 2.45) is 0 Å². The van der Waals surface area contributed by atoms with Gasteiger partial charge in [-0.15, -0.1) is 11.3 Å². The van der Waals surface area contributed by atoms with E-state index in [1.165, 1.54) is 6.26 Å². The Kier molecular flexibility index (Phi) is 5.58. The minimum absolute atomic E-state index is 0.159. The Labute approximate surface area is 186 Å². The van der Waals surface area contributed by atoms with E-state index in [0.717, 1.165) is 29.7 Å². The normalized spacial score (nSPS) is 10.8. The molecule has 2 aromatic carbocycles. The van der Waals surface area contributed by atoms with E-state index in [-0.39, 0.29) is 10.9 Å². The van der Waals surface area contributed by atoms with Crippen LogP contribution in [0.3, 0.4) is 0 Å². The van der Waals surface area contributed by atoms with Crippen LogP contribution in [0.4, 0.5) is 5.69 Å². The van der Waals surface area contributed by atoms with Gasteiger partial charge in [-0.3, -0.25) is 10.1 Å². The molecular formula is C19H11Br2N3O2S2. The maximum atomic E-state index is 12.2. The Hall–Kier alpha value is -2.07. The van der Waals surface area contributed by atoms with E-state index in [2.05, 4.69) is 42.5 Å². The predicted molar refractivity (Wildman–Crippen MR) is 123 cm³/mol. The summed E-state index contributed by atoms with van der Waals surface area (Å²) in [5.74, 6) is -0.234. The monoisotopic (exact) mass is 535 g/mol. The summed E-state index contributed by atoms with van der Waals surface area (Å²) in [6, 6.07) is 15.0. The quantitative estimate of drug-likeness (QED) is 0.305. The Balaban J connectivity index is 1.66. The van der Waals surface area contributed by atoms with Gasteiger partial charge in [0.2, 0.25) is 0 Å². The highest BCUT2D eigenvalue weighted by Gasteiger charge is 2.17. The van der Waals surface area contributed by atoms with Crippen LogP contribution in [-0.4, -0.2) is 16.0 Å². The number of fused-ring (bicyclic) bond motifs is 1. The van der Waals surface area contributed by atoms with Crippen LogP contribution in [-0.2, 0) is 0 Å². The zero-order valence-electron chi connectivity index (χ0n) is 14.0. The molecule has 2 aromatic heterocycles. The highest BCUT2D eigenvalue weighted by molar-refractivity contribution is 9.11. The van der Waals surface area contributed by atoms with E-state index >= 15 is 0 Å². The fraction of sp³-hybridized carbons (Fsp3) is 0. The molecule has 0 saturated carbocycles. The van der Waals surface area contributed by atoms with Gasteiger partial charge in [-0.1, -0.05) is 28.1 Å². The number of hydrogen-bond donors (Lipinski definition) is 2. The van der Waals surface area contributed by atoms with Gasteiger partial charge in [0, 0.05) is 14.5 Å². The SMILES string of the molecule is O=C(NC(=S)Nc1c(Br)cc(Br)cc1-c1nc2ccccc2s1)c1ccco1. The van der Waals surface area contributed by atoms with Gasteiger partial charge in [0.1, 0.15) is 5.01 Å². The number of amides is 1. The van der Waals surface area contributed by atoms with Crippen molar-refractivity contribution in [2.75, 3.05) is 5.32 Å². The molecule has 0 radical (unpaired) electrons. The minimum atomic E-state index is -0.419. The summed E-state index contributed by atoms with van der Waals surface area (Å²) in [5.41, 5.74) is 2.50. The molecule has 0 unspecified atom stereocenters. The molecule has 0 spiro atoms. The molecule has 2 N–H and O–H groups in total. The van der Waals surface area contributed by atoms with Gasteiger partial charge in [0.05, 0.1) is 22.2 Å². The van der Waals surface area contributed by atoms with E-state index < -0.39 is 5.91 Å². The lowest BCUT2D eigenvalue weighted by Gasteiger charge is -2.14. The molecule has 0 aliphatic rings. The summed E-state index contributed by atoms with van der Waals surface area (Å²) in [5, 5.41) is 6.71. The predicted octanol–water partition coefficient (Wildman–Crippen LogP) is 6.21. The number of carbonyl (C=O) groups excluding carboxylic acids is 1. The van der Waals surface area contributed by atoms with Crippen LogP contribution < -0.4 is 10.6 Å². The number of benzene rings is 2. The van der Waals surface area contributed by atoms with E-state index in [9.17, 15) is 4.79 Å². The topological polar surface area (TPSA) is 67.2 Å². The zero-order valence-corrected chi connectivity index (χ0v) is 18.8. The van der Waals surface area contributed by atoms with Crippen LogP contribution in [0.5, 0.6) is 0 Å². The van der Waals surface area contributed by atoms with Crippen molar-refractivity contribution in [3.8, 4) is 10.6 Å². The van der Waals surface area contributed by atoms with Gasteiger partial charge >= 0.3 is 0 Å². The Morgan fingerprint density at radius 3 is 2.71 bits per heavy atom. The van der Waals surface area contributed by atoms with Crippen molar-refractivity contribution in [1.29, 1.82) is 0 Å². The molecule has 140 valence electrons. The molecule has 0 aliphatic heterocycles. The summed E-state index contributed by atoms with van der Waals surface area (Å²) >= 11 is 14.0. The van der Waals surface area contributed by atoms with Crippen molar-refractivity contribution < 1.29 is 9.21 Å². The fourth-order valence-electron chi connectivity index (χ4n) is 2.57. The number of carbonyl (C=O) groups is 1. The van der Waals surface area contributed by atoms with Crippen molar-refractivity contribution >= 4 is 82.3 Å². The Morgan fingerprint density at radius 1 is 1.14 bits per heavy atom. The number of hydrogen-bond acceptors (Lipinski definition) is 5. The largest absolute Gasteiger partial charge is 0.459 e. The number of halogens is 2. The first kappa shape index (κ1) is 19.3. The minimum Gasteiger partial charge on any atom is -0.459 e. The van der Waals surface area contributed by atoms with Gasteiger partial charge in [-0.2, -0.15) is 0 Å². The van der Waals surface area contributed by atoms with Gasteiger partial charge in [0.15, 0.2) is 10.9 Å². The van der Waals surface area contributed by atoms with Crippen LogP contribution in [0.15, 0.2) is 68.2 Å². The third-order valence-electron chi connectivity index (χ3n) is 3.79. The number of thiocarbonyl (C=S) groups is 1. The van der Waals surface area contributed by atoms with Crippen molar-refractivity contribution in [3.63, 3.8) is 0 Å². The van der Waals surface area contributed by atoms with Crippen LogP contribution in [0, 0.1) is 0 Å². The fourth-order valence-corrected chi connectivity index (χ4v) is 5.08. The molecule has 0 aliphatic carbocycles. The lowest BCUT2D eigenvalue weighted by Crippen LogP contribution is -2.34. The number of thiazole rings is 1. The number of nitrogens with one attached hydrogen (secondary N) is 2. The molecule has 0 bridgehead atoms. The van der Waals surface area contributed by atoms with E-state index in [1.54, 1.807) is 23.5 Å². The van der Waals surface area contributed by atoms with Crippen LogP contribution in [0.25, 0.3) is 20.8 Å². The molecule has 9 heteroatoms. The third-order valence-corrected chi connectivity index (χ3v) is 6.15. The molecule has 1 amide bonds. The lowest BCUT2D eigenvalue weighted by atomic mass is 10.2. The van der Waals surface area contributed by atoms with Crippen molar-refractivity contribution in [1.82, 2.24) is 10.3 Å². The number of furan rings is 1. The third kappa shape index (κ3) is 4.02. The Bertz CT molecular complexity index is 1160. The summed E-state index contributed by atoms with van der Waals surface area (Å²) in [4.78, 5) is 16.9. The average molecular weight is 537 g/mol. The maximum absolute atomic E-state index is 12.2. The van der Waals surface area contributed by atoms with Gasteiger partial charge < -0.3 is 9.73 Å². The first-order valence-electron chi connectivity index (χ1n) is 8.02. The zero-order chi connectivity index (χ0) is 19.7. The van der Waals surface area contributed by atoms with E-state index in [4.69, 9.17) is 21.6 Å². The summed E-state index contributed by atoms with van der Waals surface area (Å²) in [6.45, 7) is 0. The number of para-hydroxylation sites is 1. The van der Waals surface area contributed by atoms with Gasteiger partial charge in [0.25, 0.3) is 5.91 Å². The second kappa shape index (κ2) is 8.12. The molecular weight excluding hydrogens is 526 g/mol. The molecule has 0 atom stereocenters. The molecule has 28 heavy (non-hydrogen) atoms. The maximum Gasteiger partial charge on any atom is 0.293 e.